The number of ketones is 1. The zero-order chi connectivity index (χ0) is 18.3. The second-order valence-corrected chi connectivity index (χ2v) is 7.27. The van der Waals surface area contributed by atoms with E-state index in [1.54, 1.807) is 18.2 Å². The molecule has 2 atom stereocenters. The van der Waals surface area contributed by atoms with Crippen LogP contribution >= 0.6 is 11.6 Å². The number of amides is 1. The molecule has 1 amide bonds. The van der Waals surface area contributed by atoms with E-state index in [0.717, 1.165) is 11.1 Å². The fourth-order valence-electron chi connectivity index (χ4n) is 3.94. The van der Waals surface area contributed by atoms with Gasteiger partial charge in [-0.1, -0.05) is 35.9 Å². The Morgan fingerprint density at radius 1 is 0.962 bits per heavy atom. The van der Waals surface area contributed by atoms with E-state index in [0.29, 0.717) is 29.1 Å². The number of hydrogen-bond donors (Lipinski definition) is 1. The number of hydrogen-bond acceptors (Lipinski definition) is 2. The number of nitrogens with one attached hydrogen (secondary N) is 1. The molecule has 0 bridgehead atoms. The smallest absolute Gasteiger partial charge is 0.225 e. The summed E-state index contributed by atoms with van der Waals surface area (Å²) in [4.78, 5) is 25.2. The lowest BCUT2D eigenvalue weighted by Crippen LogP contribution is -2.38. The van der Waals surface area contributed by atoms with Gasteiger partial charge in [-0.05, 0) is 47.7 Å². The molecule has 0 spiro atoms. The highest BCUT2D eigenvalue weighted by Gasteiger charge is 2.38. The molecule has 26 heavy (non-hydrogen) atoms. The largest absolute Gasteiger partial charge is 0.329 e. The van der Waals surface area contributed by atoms with Crippen LogP contribution in [0.4, 0.5) is 4.39 Å². The topological polar surface area (TPSA) is 46.2 Å². The molecule has 2 aromatic carbocycles. The molecule has 132 valence electrons. The predicted molar refractivity (Wildman–Crippen MR) is 97.4 cm³/mol. The molecule has 0 fully saturated rings. The van der Waals surface area contributed by atoms with E-state index in [1.807, 2.05) is 18.2 Å². The number of carbonyl (C=O) groups is 2. The predicted octanol–water partition coefficient (Wildman–Crippen LogP) is 4.48. The van der Waals surface area contributed by atoms with Crippen LogP contribution in [-0.2, 0) is 9.59 Å². The Bertz CT molecular complexity index is 920. The van der Waals surface area contributed by atoms with E-state index in [-0.39, 0.29) is 35.8 Å². The van der Waals surface area contributed by atoms with Crippen molar-refractivity contribution in [1.82, 2.24) is 5.32 Å². The molecule has 0 aromatic heterocycles. The van der Waals surface area contributed by atoms with Crippen molar-refractivity contribution in [2.75, 3.05) is 0 Å². The van der Waals surface area contributed by atoms with Gasteiger partial charge in [-0.25, -0.2) is 4.39 Å². The third-order valence-corrected chi connectivity index (χ3v) is 5.36. The number of rotatable bonds is 2. The van der Waals surface area contributed by atoms with Gasteiger partial charge in [0.1, 0.15) is 5.82 Å². The van der Waals surface area contributed by atoms with Gasteiger partial charge >= 0.3 is 0 Å². The van der Waals surface area contributed by atoms with Crippen molar-refractivity contribution < 1.29 is 14.0 Å². The van der Waals surface area contributed by atoms with Crippen molar-refractivity contribution in [3.05, 3.63) is 81.8 Å². The number of benzene rings is 2. The quantitative estimate of drug-likeness (QED) is 0.848. The third kappa shape index (κ3) is 3.17. The zero-order valence-electron chi connectivity index (χ0n) is 14.0. The standard InChI is InChI=1S/C21H17ClFNO2/c22-15-3-1-2-13(8-15)17-11-20(26)24-18-9-14(10-19(25)21(17)18)12-4-6-16(23)7-5-12/h1-8,14,17H,9-11H2,(H,24,26)/t14-,17-/m0/s1. The first-order chi connectivity index (χ1) is 12.5. The molecule has 1 aliphatic heterocycles. The van der Waals surface area contributed by atoms with Crippen LogP contribution in [0.15, 0.2) is 59.8 Å². The van der Waals surface area contributed by atoms with Crippen molar-refractivity contribution >= 4 is 23.3 Å². The molecule has 0 unspecified atom stereocenters. The second kappa shape index (κ2) is 6.69. The van der Waals surface area contributed by atoms with Crippen LogP contribution in [0.3, 0.4) is 0 Å². The average molecular weight is 370 g/mol. The Kier molecular flexibility index (Phi) is 4.37. The summed E-state index contributed by atoms with van der Waals surface area (Å²) >= 11 is 6.10. The summed E-state index contributed by atoms with van der Waals surface area (Å²) in [6.07, 6.45) is 1.17. The van der Waals surface area contributed by atoms with Crippen LogP contribution in [0.2, 0.25) is 5.02 Å². The monoisotopic (exact) mass is 369 g/mol. The van der Waals surface area contributed by atoms with Crippen LogP contribution in [0.5, 0.6) is 0 Å². The molecule has 1 aliphatic carbocycles. The molecular weight excluding hydrogens is 353 g/mol. The van der Waals surface area contributed by atoms with E-state index in [4.69, 9.17) is 11.6 Å². The summed E-state index contributed by atoms with van der Waals surface area (Å²) in [7, 11) is 0. The minimum Gasteiger partial charge on any atom is -0.329 e. The van der Waals surface area contributed by atoms with Crippen LogP contribution in [0.25, 0.3) is 0 Å². The summed E-state index contributed by atoms with van der Waals surface area (Å²) in [5.74, 6) is -0.686. The molecule has 0 radical (unpaired) electrons. The second-order valence-electron chi connectivity index (χ2n) is 6.83. The van der Waals surface area contributed by atoms with E-state index >= 15 is 0 Å². The first kappa shape index (κ1) is 17.0. The summed E-state index contributed by atoms with van der Waals surface area (Å²) in [5.41, 5.74) is 3.17. The van der Waals surface area contributed by atoms with Gasteiger partial charge in [-0.2, -0.15) is 0 Å². The third-order valence-electron chi connectivity index (χ3n) is 5.13. The molecule has 5 heteroatoms. The van der Waals surface area contributed by atoms with Crippen LogP contribution in [0.1, 0.15) is 42.2 Å². The van der Waals surface area contributed by atoms with Crippen molar-refractivity contribution in [1.29, 1.82) is 0 Å². The number of allylic oxidation sites excluding steroid dienone is 2. The normalized spacial score (nSPS) is 22.8. The van der Waals surface area contributed by atoms with Crippen LogP contribution < -0.4 is 5.32 Å². The highest BCUT2D eigenvalue weighted by atomic mass is 35.5. The maximum atomic E-state index is 13.2. The Morgan fingerprint density at radius 3 is 2.46 bits per heavy atom. The molecule has 1 heterocycles. The molecular formula is C21H17ClFNO2. The first-order valence-electron chi connectivity index (χ1n) is 8.58. The highest BCUT2D eigenvalue weighted by Crippen LogP contribution is 2.42. The number of carbonyl (C=O) groups excluding carboxylic acids is 2. The average Bonchev–Trinajstić information content (AvgIpc) is 2.61. The fourth-order valence-corrected chi connectivity index (χ4v) is 4.14. The SMILES string of the molecule is O=C1C[C@@H](c2cccc(Cl)c2)C2=C(C[C@H](c3ccc(F)cc3)CC2=O)N1. The summed E-state index contributed by atoms with van der Waals surface area (Å²) < 4.78 is 13.2. The number of halogens is 2. The van der Waals surface area contributed by atoms with Crippen molar-refractivity contribution in [2.24, 2.45) is 0 Å². The highest BCUT2D eigenvalue weighted by molar-refractivity contribution is 6.30. The lowest BCUT2D eigenvalue weighted by Gasteiger charge is -2.34. The minimum absolute atomic E-state index is 0.0329. The van der Waals surface area contributed by atoms with E-state index in [2.05, 4.69) is 5.32 Å². The number of Topliss-reactive ketones (excluding diaryl/α,β-unsaturated/α-hetero) is 1. The molecule has 1 N–H and O–H groups in total. The van der Waals surface area contributed by atoms with Gasteiger partial charge < -0.3 is 5.32 Å². The van der Waals surface area contributed by atoms with Crippen molar-refractivity contribution in [3.63, 3.8) is 0 Å². The Labute approximate surface area is 155 Å². The van der Waals surface area contributed by atoms with Crippen molar-refractivity contribution in [3.8, 4) is 0 Å². The molecule has 2 aromatic rings. The fraction of sp³-hybridized carbons (Fsp3) is 0.238. The van der Waals surface area contributed by atoms with Gasteiger partial charge in [0.25, 0.3) is 0 Å². The van der Waals surface area contributed by atoms with Gasteiger partial charge in [0.05, 0.1) is 0 Å². The van der Waals surface area contributed by atoms with Gasteiger partial charge in [-0.15, -0.1) is 0 Å². The Balaban J connectivity index is 1.71. The van der Waals surface area contributed by atoms with E-state index in [9.17, 15) is 14.0 Å². The summed E-state index contributed by atoms with van der Waals surface area (Å²) in [6, 6.07) is 13.5. The maximum absolute atomic E-state index is 13.2. The summed E-state index contributed by atoms with van der Waals surface area (Å²) in [6.45, 7) is 0. The van der Waals surface area contributed by atoms with Gasteiger partial charge in [0, 0.05) is 35.1 Å². The van der Waals surface area contributed by atoms with Gasteiger partial charge in [0.15, 0.2) is 5.78 Å². The summed E-state index contributed by atoms with van der Waals surface area (Å²) in [5, 5.41) is 3.47. The van der Waals surface area contributed by atoms with E-state index in [1.165, 1.54) is 12.1 Å². The maximum Gasteiger partial charge on any atom is 0.225 e. The van der Waals surface area contributed by atoms with Crippen molar-refractivity contribution in [2.45, 2.75) is 31.1 Å². The van der Waals surface area contributed by atoms with Gasteiger partial charge in [-0.3, -0.25) is 9.59 Å². The van der Waals surface area contributed by atoms with E-state index < -0.39 is 0 Å². The van der Waals surface area contributed by atoms with Crippen LogP contribution in [0, 0.1) is 5.82 Å². The Morgan fingerprint density at radius 2 is 1.73 bits per heavy atom. The lowest BCUT2D eigenvalue weighted by atomic mass is 9.73. The molecule has 3 nitrogen and oxygen atoms in total. The van der Waals surface area contributed by atoms with Crippen LogP contribution in [-0.4, -0.2) is 11.7 Å². The molecule has 0 saturated heterocycles. The molecule has 0 saturated carbocycles. The zero-order valence-corrected chi connectivity index (χ0v) is 14.7. The lowest BCUT2D eigenvalue weighted by molar-refractivity contribution is -0.122. The molecule has 2 aliphatic rings. The Hall–Kier alpha value is -2.46. The molecule has 4 rings (SSSR count). The first-order valence-corrected chi connectivity index (χ1v) is 8.96. The van der Waals surface area contributed by atoms with Gasteiger partial charge in [0.2, 0.25) is 5.91 Å². The minimum atomic E-state index is -0.303.